The van der Waals surface area contributed by atoms with Crippen molar-refractivity contribution in [2.75, 3.05) is 11.1 Å². The SMILES string of the molecule is Cc1cc(C)n(-c2cc(SCC(=O)Nc3ccc(Cl)cc3F)ncn2)n1. The lowest BCUT2D eigenvalue weighted by Crippen LogP contribution is -2.15. The van der Waals surface area contributed by atoms with Gasteiger partial charge in [0.15, 0.2) is 5.82 Å². The van der Waals surface area contributed by atoms with E-state index in [0.717, 1.165) is 17.5 Å². The molecule has 1 amide bonds. The number of aryl methyl sites for hydroxylation is 2. The van der Waals surface area contributed by atoms with Gasteiger partial charge in [-0.15, -0.1) is 0 Å². The third kappa shape index (κ3) is 4.39. The molecular formula is C17H15ClFN5OS. The number of aromatic nitrogens is 4. The summed E-state index contributed by atoms with van der Waals surface area (Å²) < 4.78 is 15.4. The quantitative estimate of drug-likeness (QED) is 0.529. The van der Waals surface area contributed by atoms with Gasteiger partial charge in [0, 0.05) is 16.8 Å². The van der Waals surface area contributed by atoms with Crippen molar-refractivity contribution in [3.8, 4) is 5.82 Å². The number of halogens is 2. The van der Waals surface area contributed by atoms with Crippen molar-refractivity contribution in [2.24, 2.45) is 0 Å². The molecule has 6 nitrogen and oxygen atoms in total. The standard InChI is InChI=1S/C17H15ClFN5OS/c1-10-5-11(2)24(23-10)15-7-17(21-9-20-15)26-8-16(25)22-14-4-3-12(18)6-13(14)19/h3-7,9H,8H2,1-2H3,(H,22,25). The number of hydrogen-bond acceptors (Lipinski definition) is 5. The van der Waals surface area contributed by atoms with Gasteiger partial charge in [0.05, 0.1) is 17.1 Å². The monoisotopic (exact) mass is 391 g/mol. The van der Waals surface area contributed by atoms with E-state index in [1.54, 1.807) is 10.7 Å². The van der Waals surface area contributed by atoms with Crippen LogP contribution < -0.4 is 5.32 Å². The van der Waals surface area contributed by atoms with Crippen molar-refractivity contribution in [1.29, 1.82) is 0 Å². The molecular weight excluding hydrogens is 377 g/mol. The van der Waals surface area contributed by atoms with Gasteiger partial charge in [0.25, 0.3) is 0 Å². The lowest BCUT2D eigenvalue weighted by Gasteiger charge is -2.07. The van der Waals surface area contributed by atoms with Gasteiger partial charge in [-0.3, -0.25) is 4.79 Å². The average molecular weight is 392 g/mol. The first-order valence-electron chi connectivity index (χ1n) is 7.66. The number of carbonyl (C=O) groups excluding carboxylic acids is 1. The zero-order valence-electron chi connectivity index (χ0n) is 14.0. The minimum atomic E-state index is -0.579. The van der Waals surface area contributed by atoms with Gasteiger partial charge in [-0.05, 0) is 38.1 Å². The summed E-state index contributed by atoms with van der Waals surface area (Å²) in [6, 6.07) is 7.78. The number of nitrogens with zero attached hydrogens (tertiary/aromatic N) is 4. The van der Waals surface area contributed by atoms with Crippen molar-refractivity contribution >= 4 is 35.0 Å². The lowest BCUT2D eigenvalue weighted by molar-refractivity contribution is -0.113. The van der Waals surface area contributed by atoms with E-state index in [9.17, 15) is 9.18 Å². The topological polar surface area (TPSA) is 72.7 Å². The Bertz CT molecular complexity index is 962. The number of hydrogen-bond donors (Lipinski definition) is 1. The number of carbonyl (C=O) groups is 1. The van der Waals surface area contributed by atoms with E-state index < -0.39 is 5.82 Å². The van der Waals surface area contributed by atoms with E-state index in [4.69, 9.17) is 11.6 Å². The van der Waals surface area contributed by atoms with Crippen LogP contribution in [0.1, 0.15) is 11.4 Å². The van der Waals surface area contributed by atoms with E-state index in [1.165, 1.54) is 30.2 Å². The Morgan fingerprint density at radius 3 is 2.77 bits per heavy atom. The van der Waals surface area contributed by atoms with Gasteiger partial charge in [-0.25, -0.2) is 19.0 Å². The fourth-order valence-electron chi connectivity index (χ4n) is 2.30. The molecule has 0 aliphatic rings. The smallest absolute Gasteiger partial charge is 0.234 e. The molecule has 3 rings (SSSR count). The molecule has 1 aromatic carbocycles. The maximum Gasteiger partial charge on any atom is 0.234 e. The first-order valence-corrected chi connectivity index (χ1v) is 9.02. The van der Waals surface area contributed by atoms with Crippen LogP contribution in [-0.2, 0) is 4.79 Å². The summed E-state index contributed by atoms with van der Waals surface area (Å²) in [4.78, 5) is 20.4. The van der Waals surface area contributed by atoms with E-state index in [1.807, 2.05) is 19.9 Å². The molecule has 0 aliphatic heterocycles. The highest BCUT2D eigenvalue weighted by atomic mass is 35.5. The van der Waals surface area contributed by atoms with E-state index in [2.05, 4.69) is 20.4 Å². The van der Waals surface area contributed by atoms with E-state index in [0.29, 0.717) is 10.8 Å². The van der Waals surface area contributed by atoms with Gasteiger partial charge in [0.2, 0.25) is 5.91 Å². The highest BCUT2D eigenvalue weighted by molar-refractivity contribution is 7.99. The summed E-state index contributed by atoms with van der Waals surface area (Å²) in [6.45, 7) is 3.84. The Kier molecular flexibility index (Phi) is 5.53. The Labute approximate surface area is 158 Å². The molecule has 134 valence electrons. The molecule has 0 atom stereocenters. The van der Waals surface area contributed by atoms with E-state index in [-0.39, 0.29) is 22.4 Å². The van der Waals surface area contributed by atoms with Crippen LogP contribution in [0.3, 0.4) is 0 Å². The molecule has 0 unspecified atom stereocenters. The number of amides is 1. The summed E-state index contributed by atoms with van der Waals surface area (Å²) in [6.07, 6.45) is 1.42. The molecule has 0 bridgehead atoms. The molecule has 1 N–H and O–H groups in total. The average Bonchev–Trinajstić information content (AvgIpc) is 2.94. The number of anilines is 1. The zero-order valence-corrected chi connectivity index (χ0v) is 15.6. The predicted octanol–water partition coefficient (Wildman–Crippen LogP) is 3.80. The normalized spacial score (nSPS) is 10.8. The predicted molar refractivity (Wildman–Crippen MR) is 99.4 cm³/mol. The summed E-state index contributed by atoms with van der Waals surface area (Å²) >= 11 is 6.92. The van der Waals surface area contributed by atoms with Crippen LogP contribution in [0.2, 0.25) is 5.02 Å². The van der Waals surface area contributed by atoms with Crippen molar-refractivity contribution < 1.29 is 9.18 Å². The zero-order chi connectivity index (χ0) is 18.7. The first kappa shape index (κ1) is 18.3. The van der Waals surface area contributed by atoms with Crippen molar-refractivity contribution in [1.82, 2.24) is 19.7 Å². The second kappa shape index (κ2) is 7.84. The number of thioether (sulfide) groups is 1. The fourth-order valence-corrected chi connectivity index (χ4v) is 3.12. The number of rotatable bonds is 5. The van der Waals surface area contributed by atoms with Crippen LogP contribution in [0.4, 0.5) is 10.1 Å². The molecule has 9 heteroatoms. The minimum Gasteiger partial charge on any atom is -0.323 e. The second-order valence-electron chi connectivity index (χ2n) is 5.51. The third-order valence-electron chi connectivity index (χ3n) is 3.41. The summed E-state index contributed by atoms with van der Waals surface area (Å²) in [7, 11) is 0. The Morgan fingerprint density at radius 2 is 2.08 bits per heavy atom. The van der Waals surface area contributed by atoms with E-state index >= 15 is 0 Å². The molecule has 0 spiro atoms. The summed E-state index contributed by atoms with van der Waals surface area (Å²) in [5, 5.41) is 7.78. The Hall–Kier alpha value is -2.45. The third-order valence-corrected chi connectivity index (χ3v) is 4.57. The lowest BCUT2D eigenvalue weighted by atomic mass is 10.3. The minimum absolute atomic E-state index is 0.0790. The fraction of sp³-hybridized carbons (Fsp3) is 0.176. The van der Waals surface area contributed by atoms with Crippen LogP contribution in [-0.4, -0.2) is 31.4 Å². The molecule has 0 saturated heterocycles. The van der Waals surface area contributed by atoms with Crippen molar-refractivity contribution in [3.05, 3.63) is 58.9 Å². The van der Waals surface area contributed by atoms with Gasteiger partial charge < -0.3 is 5.32 Å². The maximum atomic E-state index is 13.7. The van der Waals surface area contributed by atoms with Gasteiger partial charge in [0.1, 0.15) is 17.2 Å². The van der Waals surface area contributed by atoms with Crippen LogP contribution in [0, 0.1) is 19.7 Å². The van der Waals surface area contributed by atoms with Gasteiger partial charge >= 0.3 is 0 Å². The second-order valence-corrected chi connectivity index (χ2v) is 6.95. The largest absolute Gasteiger partial charge is 0.323 e. The highest BCUT2D eigenvalue weighted by Crippen LogP contribution is 2.21. The summed E-state index contributed by atoms with van der Waals surface area (Å²) in [5.74, 6) is -0.222. The summed E-state index contributed by atoms with van der Waals surface area (Å²) in [5.41, 5.74) is 1.93. The molecule has 0 saturated carbocycles. The molecule has 26 heavy (non-hydrogen) atoms. The molecule has 2 heterocycles. The Balaban J connectivity index is 1.65. The first-order chi connectivity index (χ1) is 12.4. The van der Waals surface area contributed by atoms with Crippen LogP contribution in [0.25, 0.3) is 5.82 Å². The highest BCUT2D eigenvalue weighted by Gasteiger charge is 2.10. The van der Waals surface area contributed by atoms with Crippen LogP contribution >= 0.6 is 23.4 Å². The molecule has 0 radical (unpaired) electrons. The van der Waals surface area contributed by atoms with Gasteiger partial charge in [-0.1, -0.05) is 23.4 Å². The molecule has 3 aromatic rings. The molecule has 0 fully saturated rings. The van der Waals surface area contributed by atoms with Crippen molar-refractivity contribution in [3.63, 3.8) is 0 Å². The molecule has 0 aliphatic carbocycles. The van der Waals surface area contributed by atoms with Gasteiger partial charge in [-0.2, -0.15) is 5.10 Å². The molecule has 2 aromatic heterocycles. The van der Waals surface area contributed by atoms with Crippen LogP contribution in [0.15, 0.2) is 41.7 Å². The maximum absolute atomic E-state index is 13.7. The number of nitrogens with one attached hydrogen (secondary N) is 1. The van der Waals surface area contributed by atoms with Crippen molar-refractivity contribution in [2.45, 2.75) is 18.9 Å². The number of benzene rings is 1. The Morgan fingerprint density at radius 1 is 1.27 bits per heavy atom. The van der Waals surface area contributed by atoms with Crippen LogP contribution in [0.5, 0.6) is 0 Å².